The maximum atomic E-state index is 13.8. The van der Waals surface area contributed by atoms with E-state index in [4.69, 9.17) is 0 Å². The van der Waals surface area contributed by atoms with E-state index in [0.717, 1.165) is 8.61 Å². The van der Waals surface area contributed by atoms with Crippen LogP contribution >= 0.6 is 0 Å². The van der Waals surface area contributed by atoms with E-state index in [2.05, 4.69) is 10.6 Å². The predicted octanol–water partition coefficient (Wildman–Crippen LogP) is 3.13. The minimum absolute atomic E-state index is 0.0830. The molecule has 0 atom stereocenters. The summed E-state index contributed by atoms with van der Waals surface area (Å²) in [5.74, 6) is -0.623. The Balaban J connectivity index is 1.82. The van der Waals surface area contributed by atoms with Crippen LogP contribution in [0.2, 0.25) is 0 Å². The van der Waals surface area contributed by atoms with E-state index in [0.29, 0.717) is 22.1 Å². The van der Waals surface area contributed by atoms with Gasteiger partial charge in [0.05, 0.1) is 47.5 Å². The van der Waals surface area contributed by atoms with Crippen LogP contribution in [0.5, 0.6) is 0 Å². The van der Waals surface area contributed by atoms with Crippen LogP contribution in [0.25, 0.3) is 10.8 Å². The Hall–Kier alpha value is -4.50. The molecule has 0 heterocycles. The van der Waals surface area contributed by atoms with Crippen molar-refractivity contribution in [2.24, 2.45) is 0 Å². The SMILES string of the molecule is CC(=O)Nc1ccc(S(=O)(=O)N(CCO)c2ccc(N(CCO)S(=O)(=O)c3ccc(NC(C)=O)cc3)c3ccccc23)cc1. The van der Waals surface area contributed by atoms with E-state index in [-0.39, 0.29) is 46.1 Å². The number of benzene rings is 4. The number of aliphatic hydroxyl groups excluding tert-OH is 2. The van der Waals surface area contributed by atoms with Crippen molar-refractivity contribution in [2.75, 3.05) is 45.5 Å². The van der Waals surface area contributed by atoms with Crippen LogP contribution in [0.3, 0.4) is 0 Å². The highest BCUT2D eigenvalue weighted by atomic mass is 32.2. The third-order valence-corrected chi connectivity index (χ3v) is 10.2. The van der Waals surface area contributed by atoms with E-state index >= 15 is 0 Å². The molecule has 0 radical (unpaired) electrons. The fraction of sp³-hybridized carbons (Fsp3) is 0.200. The number of carbonyl (C=O) groups excluding carboxylic acids is 2. The van der Waals surface area contributed by atoms with Crippen LogP contribution in [0.4, 0.5) is 22.7 Å². The quantitative estimate of drug-likeness (QED) is 0.183. The van der Waals surface area contributed by atoms with Gasteiger partial charge < -0.3 is 20.8 Å². The normalized spacial score (nSPS) is 11.6. The van der Waals surface area contributed by atoms with Crippen molar-refractivity contribution in [3.05, 3.63) is 84.9 Å². The standard InChI is InChI=1S/C30H32N4O8S2/c1-21(37)31-23-7-11-25(12-8-23)43(39,40)33(17-19-35)29-15-16-30(28-6-4-3-5-27(28)29)34(18-20-36)44(41,42)26-13-9-24(10-14-26)32-22(2)38/h3-16,35-36H,17-20H2,1-2H3,(H,31,37)(H,32,38). The zero-order valence-electron chi connectivity index (χ0n) is 24.0. The van der Waals surface area contributed by atoms with Gasteiger partial charge >= 0.3 is 0 Å². The highest BCUT2D eigenvalue weighted by Gasteiger charge is 2.30. The number of nitrogens with zero attached hydrogens (tertiary/aromatic N) is 2. The largest absolute Gasteiger partial charge is 0.394 e. The van der Waals surface area contributed by atoms with Gasteiger partial charge in [-0.3, -0.25) is 18.2 Å². The Labute approximate surface area is 255 Å². The van der Waals surface area contributed by atoms with Crippen LogP contribution < -0.4 is 19.2 Å². The number of hydrogen-bond donors (Lipinski definition) is 4. The van der Waals surface area contributed by atoms with Gasteiger partial charge in [0.15, 0.2) is 0 Å². The number of amides is 2. The first-order chi connectivity index (χ1) is 20.9. The smallest absolute Gasteiger partial charge is 0.264 e. The lowest BCUT2D eigenvalue weighted by Crippen LogP contribution is -2.35. The molecule has 2 amide bonds. The number of hydrogen-bond acceptors (Lipinski definition) is 8. The van der Waals surface area contributed by atoms with Crippen molar-refractivity contribution in [1.29, 1.82) is 0 Å². The third-order valence-electron chi connectivity index (χ3n) is 6.55. The highest BCUT2D eigenvalue weighted by Crippen LogP contribution is 2.38. The first kappa shape index (κ1) is 32.4. The number of carbonyl (C=O) groups is 2. The Morgan fingerprint density at radius 2 is 0.932 bits per heavy atom. The number of aliphatic hydroxyl groups is 2. The zero-order chi connectivity index (χ0) is 32.1. The number of rotatable bonds is 12. The summed E-state index contributed by atoms with van der Waals surface area (Å²) in [6.45, 7) is 1.08. The Kier molecular flexibility index (Phi) is 9.89. The van der Waals surface area contributed by atoms with Crippen molar-refractivity contribution in [3.8, 4) is 0 Å². The van der Waals surface area contributed by atoms with E-state index in [1.165, 1.54) is 74.5 Å². The van der Waals surface area contributed by atoms with Crippen molar-refractivity contribution in [3.63, 3.8) is 0 Å². The van der Waals surface area contributed by atoms with Crippen molar-refractivity contribution >= 4 is 65.4 Å². The second kappa shape index (κ2) is 13.4. The van der Waals surface area contributed by atoms with Crippen LogP contribution in [0, 0.1) is 0 Å². The summed E-state index contributed by atoms with van der Waals surface area (Å²) in [7, 11) is -8.44. The van der Waals surface area contributed by atoms with Crippen LogP contribution in [-0.2, 0) is 29.6 Å². The van der Waals surface area contributed by atoms with E-state index in [9.17, 15) is 36.6 Å². The minimum Gasteiger partial charge on any atom is -0.394 e. The van der Waals surface area contributed by atoms with Crippen molar-refractivity contribution in [2.45, 2.75) is 23.6 Å². The summed E-state index contributed by atoms with van der Waals surface area (Å²) in [5.41, 5.74) is 1.22. The molecule has 0 unspecified atom stereocenters. The first-order valence-corrected chi connectivity index (χ1v) is 16.3. The lowest BCUT2D eigenvalue weighted by Gasteiger charge is -2.29. The molecular formula is C30H32N4O8S2. The molecule has 44 heavy (non-hydrogen) atoms. The maximum absolute atomic E-state index is 13.8. The molecule has 0 spiro atoms. The summed E-state index contributed by atoms with van der Waals surface area (Å²) in [6, 6.07) is 20.7. The summed E-state index contributed by atoms with van der Waals surface area (Å²) < 4.78 is 57.4. The lowest BCUT2D eigenvalue weighted by molar-refractivity contribution is -0.115. The third kappa shape index (κ3) is 6.83. The van der Waals surface area contributed by atoms with Crippen LogP contribution in [-0.4, -0.2) is 65.2 Å². The molecule has 232 valence electrons. The van der Waals surface area contributed by atoms with E-state index in [1.54, 1.807) is 24.3 Å². The molecule has 0 aromatic heterocycles. The molecule has 0 bridgehead atoms. The van der Waals surface area contributed by atoms with Gasteiger partial charge in [-0.1, -0.05) is 24.3 Å². The second-order valence-corrected chi connectivity index (χ2v) is 13.4. The molecule has 0 aliphatic carbocycles. The highest BCUT2D eigenvalue weighted by molar-refractivity contribution is 7.93. The Morgan fingerprint density at radius 3 is 1.23 bits per heavy atom. The second-order valence-electron chi connectivity index (χ2n) is 9.66. The van der Waals surface area contributed by atoms with Crippen LogP contribution in [0.15, 0.2) is 94.7 Å². The maximum Gasteiger partial charge on any atom is 0.264 e. The molecule has 0 aliphatic heterocycles. The molecule has 14 heteroatoms. The minimum atomic E-state index is -4.22. The summed E-state index contributed by atoms with van der Waals surface area (Å²) in [5, 5.41) is 25.6. The van der Waals surface area contributed by atoms with Gasteiger partial charge in [0.1, 0.15) is 0 Å². The van der Waals surface area contributed by atoms with Crippen LogP contribution in [0.1, 0.15) is 13.8 Å². The fourth-order valence-electron chi connectivity index (χ4n) is 4.71. The molecule has 4 N–H and O–H groups in total. The molecule has 12 nitrogen and oxygen atoms in total. The van der Waals surface area contributed by atoms with Crippen molar-refractivity contribution < 1.29 is 36.6 Å². The molecule has 4 aromatic rings. The average Bonchev–Trinajstić information content (AvgIpc) is 2.98. The van der Waals surface area contributed by atoms with Gasteiger partial charge in [-0.05, 0) is 60.7 Å². The Morgan fingerprint density at radius 1 is 0.591 bits per heavy atom. The zero-order valence-corrected chi connectivity index (χ0v) is 25.6. The van der Waals surface area contributed by atoms with E-state index < -0.39 is 33.3 Å². The summed E-state index contributed by atoms with van der Waals surface area (Å²) in [4.78, 5) is 22.6. The monoisotopic (exact) mass is 640 g/mol. The van der Waals surface area contributed by atoms with E-state index in [1.807, 2.05) is 0 Å². The number of anilines is 4. The van der Waals surface area contributed by atoms with Gasteiger partial charge in [0, 0.05) is 36.0 Å². The lowest BCUT2D eigenvalue weighted by atomic mass is 10.1. The summed E-state index contributed by atoms with van der Waals surface area (Å²) in [6.07, 6.45) is 0. The molecule has 4 aromatic carbocycles. The van der Waals surface area contributed by atoms with Gasteiger partial charge in [-0.25, -0.2) is 16.8 Å². The predicted molar refractivity (Wildman–Crippen MR) is 169 cm³/mol. The molecule has 0 fully saturated rings. The fourth-order valence-corrected chi connectivity index (χ4v) is 7.65. The van der Waals surface area contributed by atoms with Gasteiger partial charge in [-0.2, -0.15) is 0 Å². The molecule has 0 aliphatic rings. The van der Waals surface area contributed by atoms with Gasteiger partial charge in [-0.15, -0.1) is 0 Å². The molecule has 4 rings (SSSR count). The van der Waals surface area contributed by atoms with Crippen molar-refractivity contribution in [1.82, 2.24) is 0 Å². The number of sulfonamides is 2. The van der Waals surface area contributed by atoms with Gasteiger partial charge in [0.25, 0.3) is 20.0 Å². The Bertz CT molecular complexity index is 1740. The number of fused-ring (bicyclic) bond motifs is 1. The molecule has 0 saturated carbocycles. The first-order valence-electron chi connectivity index (χ1n) is 13.4. The summed E-state index contributed by atoms with van der Waals surface area (Å²) >= 11 is 0. The average molecular weight is 641 g/mol. The van der Waals surface area contributed by atoms with Gasteiger partial charge in [0.2, 0.25) is 11.8 Å². The molecular weight excluding hydrogens is 608 g/mol. The number of nitrogens with one attached hydrogen (secondary N) is 2. The topological polar surface area (TPSA) is 173 Å². The molecule has 0 saturated heterocycles.